The fourth-order valence-electron chi connectivity index (χ4n) is 1.62. The van der Waals surface area contributed by atoms with Gasteiger partial charge in [-0.25, -0.2) is 0 Å². The van der Waals surface area contributed by atoms with Crippen molar-refractivity contribution in [2.24, 2.45) is 0 Å². The molecule has 0 aliphatic carbocycles. The van der Waals surface area contributed by atoms with Gasteiger partial charge in [0.1, 0.15) is 0 Å². The first kappa shape index (κ1) is 16.1. The Bertz CT molecular complexity index is 147. The van der Waals surface area contributed by atoms with Crippen molar-refractivity contribution in [3.63, 3.8) is 0 Å². The lowest BCUT2D eigenvalue weighted by Gasteiger charge is -2.09. The number of hydrogen-bond acceptors (Lipinski definition) is 4. The highest BCUT2D eigenvalue weighted by Gasteiger charge is 2.29. The summed E-state index contributed by atoms with van der Waals surface area (Å²) in [5.41, 5.74) is 0. The van der Waals surface area contributed by atoms with E-state index in [1.54, 1.807) is 0 Å². The lowest BCUT2D eigenvalue weighted by atomic mass is 10.1. The fraction of sp³-hybridized carbons (Fsp3) is 1.00. The lowest BCUT2D eigenvalue weighted by Crippen LogP contribution is -2.39. The Kier molecular flexibility index (Phi) is 10.3. The molecule has 0 aromatic heterocycles. The average Bonchev–Trinajstić information content (AvgIpc) is 2.19. The van der Waals surface area contributed by atoms with E-state index in [9.17, 15) is 0 Å². The molecule has 0 aliphatic rings. The summed E-state index contributed by atoms with van der Waals surface area (Å²) in [5.74, 6) is 0. The van der Waals surface area contributed by atoms with Crippen LogP contribution in [-0.4, -0.2) is 30.0 Å². The van der Waals surface area contributed by atoms with Gasteiger partial charge in [0.05, 0.1) is 0 Å². The van der Waals surface area contributed by atoms with Crippen LogP contribution in [0.15, 0.2) is 0 Å². The molecule has 5 heteroatoms. The minimum Gasteiger partial charge on any atom is -0.368 e. The first-order chi connectivity index (χ1) is 7.56. The normalized spacial score (nSPS) is 12.0. The van der Waals surface area contributed by atoms with Crippen molar-refractivity contribution in [3.8, 4) is 0 Å². The molecular formula is C11H26O4Si. The van der Waals surface area contributed by atoms with E-state index in [4.69, 9.17) is 14.4 Å². The maximum Gasteiger partial charge on any atom is 0.671 e. The predicted octanol–water partition coefficient (Wildman–Crippen LogP) is 1.95. The van der Waals surface area contributed by atoms with Crippen molar-refractivity contribution in [3.05, 3.63) is 0 Å². The van der Waals surface area contributed by atoms with E-state index in [0.29, 0.717) is 0 Å². The molecule has 0 aromatic rings. The van der Waals surface area contributed by atoms with Crippen molar-refractivity contribution in [2.45, 2.75) is 64.7 Å². The maximum atomic E-state index is 8.57. The van der Waals surface area contributed by atoms with E-state index in [-0.39, 0.29) is 6.61 Å². The lowest BCUT2D eigenvalue weighted by molar-refractivity contribution is 0.0618. The smallest absolute Gasteiger partial charge is 0.368 e. The van der Waals surface area contributed by atoms with Crippen LogP contribution in [0.3, 0.4) is 0 Å². The third kappa shape index (κ3) is 14.1. The van der Waals surface area contributed by atoms with Crippen LogP contribution in [0.4, 0.5) is 0 Å². The second kappa shape index (κ2) is 10.2. The van der Waals surface area contributed by atoms with E-state index in [2.05, 4.69) is 11.3 Å². The Morgan fingerprint density at radius 2 is 1.19 bits per heavy atom. The predicted molar refractivity (Wildman–Crippen MR) is 65.6 cm³/mol. The molecule has 0 unspecified atom stereocenters. The van der Waals surface area contributed by atoms with Crippen molar-refractivity contribution < 1.29 is 18.8 Å². The van der Waals surface area contributed by atoms with Crippen molar-refractivity contribution >= 4 is 9.05 Å². The zero-order chi connectivity index (χ0) is 12.3. The largest absolute Gasteiger partial charge is 0.671 e. The molecule has 3 N–H and O–H groups in total. The van der Waals surface area contributed by atoms with E-state index < -0.39 is 9.05 Å². The molecule has 0 amide bonds. The highest BCUT2D eigenvalue weighted by atomic mass is 28.4. The maximum absolute atomic E-state index is 8.57. The van der Waals surface area contributed by atoms with Gasteiger partial charge in [-0.3, -0.25) is 0 Å². The monoisotopic (exact) mass is 250 g/mol. The zero-order valence-electron chi connectivity index (χ0n) is 10.3. The van der Waals surface area contributed by atoms with Gasteiger partial charge in [0.25, 0.3) is 0 Å². The first-order valence-corrected chi connectivity index (χ1v) is 8.12. The van der Waals surface area contributed by atoms with Gasteiger partial charge >= 0.3 is 9.05 Å². The van der Waals surface area contributed by atoms with E-state index in [1.807, 2.05) is 0 Å². The average molecular weight is 250 g/mol. The summed E-state index contributed by atoms with van der Waals surface area (Å²) in [4.78, 5) is 25.7. The van der Waals surface area contributed by atoms with Crippen LogP contribution in [0.25, 0.3) is 0 Å². The van der Waals surface area contributed by atoms with E-state index >= 15 is 0 Å². The summed E-state index contributed by atoms with van der Waals surface area (Å²) in [6.07, 6.45) is 10.8. The van der Waals surface area contributed by atoms with Crippen molar-refractivity contribution in [1.82, 2.24) is 0 Å². The van der Waals surface area contributed by atoms with Crippen LogP contribution in [-0.2, 0) is 4.43 Å². The van der Waals surface area contributed by atoms with Gasteiger partial charge in [-0.15, -0.1) is 0 Å². The Balaban J connectivity index is 2.99. The van der Waals surface area contributed by atoms with Gasteiger partial charge < -0.3 is 18.8 Å². The van der Waals surface area contributed by atoms with Gasteiger partial charge in [0.15, 0.2) is 0 Å². The summed E-state index contributed by atoms with van der Waals surface area (Å²) in [6, 6.07) is 0. The Labute approximate surface area is 99.8 Å². The second-order valence-electron chi connectivity index (χ2n) is 4.25. The zero-order valence-corrected chi connectivity index (χ0v) is 11.3. The van der Waals surface area contributed by atoms with Gasteiger partial charge in [-0.05, 0) is 6.42 Å². The molecule has 0 heterocycles. The van der Waals surface area contributed by atoms with Crippen LogP contribution in [0.5, 0.6) is 0 Å². The van der Waals surface area contributed by atoms with Gasteiger partial charge in [0, 0.05) is 6.61 Å². The van der Waals surface area contributed by atoms with Crippen LogP contribution in [0.2, 0.25) is 0 Å². The Hall–Kier alpha value is 0.0569. The van der Waals surface area contributed by atoms with Crippen LogP contribution in [0, 0.1) is 0 Å². The molecule has 0 spiro atoms. The number of rotatable bonds is 11. The highest BCUT2D eigenvalue weighted by molar-refractivity contribution is 6.48. The minimum atomic E-state index is -4.25. The molecule has 0 saturated heterocycles. The van der Waals surface area contributed by atoms with Crippen LogP contribution in [0.1, 0.15) is 64.7 Å². The summed E-state index contributed by atoms with van der Waals surface area (Å²) in [7, 11) is -4.25. The summed E-state index contributed by atoms with van der Waals surface area (Å²) < 4.78 is 4.49. The molecular weight excluding hydrogens is 224 g/mol. The third-order valence-corrected chi connectivity index (χ3v) is 3.14. The van der Waals surface area contributed by atoms with Crippen molar-refractivity contribution in [2.75, 3.05) is 6.61 Å². The summed E-state index contributed by atoms with van der Waals surface area (Å²) in [6.45, 7) is 2.46. The Morgan fingerprint density at radius 3 is 1.62 bits per heavy atom. The minimum absolute atomic E-state index is 0.242. The molecule has 4 nitrogen and oxygen atoms in total. The molecule has 0 fully saturated rings. The molecule has 0 aromatic carbocycles. The molecule has 0 atom stereocenters. The molecule has 16 heavy (non-hydrogen) atoms. The molecule has 0 radical (unpaired) electrons. The molecule has 0 rings (SSSR count). The van der Waals surface area contributed by atoms with Gasteiger partial charge in [-0.2, -0.15) is 0 Å². The van der Waals surface area contributed by atoms with E-state index in [1.165, 1.54) is 38.5 Å². The SMILES string of the molecule is CCCCCCCCCCCO[Si](O)(O)O. The first-order valence-electron chi connectivity index (χ1n) is 6.37. The number of unbranched alkanes of at least 4 members (excludes halogenated alkanes) is 8. The Morgan fingerprint density at radius 1 is 0.750 bits per heavy atom. The fourth-order valence-corrected chi connectivity index (χ4v) is 2.04. The van der Waals surface area contributed by atoms with E-state index in [0.717, 1.165) is 19.3 Å². The molecule has 0 bridgehead atoms. The van der Waals surface area contributed by atoms with Crippen LogP contribution >= 0.6 is 0 Å². The molecule has 0 saturated carbocycles. The molecule has 98 valence electrons. The summed E-state index contributed by atoms with van der Waals surface area (Å²) >= 11 is 0. The van der Waals surface area contributed by atoms with Crippen LogP contribution < -0.4 is 0 Å². The van der Waals surface area contributed by atoms with Crippen molar-refractivity contribution in [1.29, 1.82) is 0 Å². The van der Waals surface area contributed by atoms with Gasteiger partial charge in [0.2, 0.25) is 0 Å². The quantitative estimate of drug-likeness (QED) is 0.387. The topological polar surface area (TPSA) is 69.9 Å². The van der Waals surface area contributed by atoms with Gasteiger partial charge in [-0.1, -0.05) is 58.3 Å². The second-order valence-corrected chi connectivity index (χ2v) is 5.69. The number of hydrogen-bond donors (Lipinski definition) is 3. The highest BCUT2D eigenvalue weighted by Crippen LogP contribution is 2.09. The summed E-state index contributed by atoms with van der Waals surface area (Å²) in [5, 5.41) is 0. The molecule has 0 aliphatic heterocycles. The standard InChI is InChI=1S/C11H26O4Si/c1-2-3-4-5-6-7-8-9-10-11-15-16(12,13)14/h12-14H,2-11H2,1H3. The third-order valence-electron chi connectivity index (χ3n) is 2.54.